The zero-order valence-corrected chi connectivity index (χ0v) is 14.9. The second-order valence-electron chi connectivity index (χ2n) is 7.42. The van der Waals surface area contributed by atoms with Gasteiger partial charge in [0.15, 0.2) is 0 Å². The molecule has 0 spiro atoms. The summed E-state index contributed by atoms with van der Waals surface area (Å²) in [6.07, 6.45) is 1.41. The van der Waals surface area contributed by atoms with Gasteiger partial charge >= 0.3 is 5.97 Å². The van der Waals surface area contributed by atoms with Crippen molar-refractivity contribution >= 4 is 23.3 Å². The Kier molecular flexibility index (Phi) is 4.19. The van der Waals surface area contributed by atoms with Gasteiger partial charge in [0.1, 0.15) is 0 Å². The van der Waals surface area contributed by atoms with Gasteiger partial charge in [-0.2, -0.15) is 5.10 Å². The minimum absolute atomic E-state index is 0.118. The first kappa shape index (κ1) is 17.0. The molecule has 0 aromatic heterocycles. The molecule has 0 saturated carbocycles. The van der Waals surface area contributed by atoms with Crippen LogP contribution in [0.5, 0.6) is 0 Å². The molecule has 26 heavy (non-hydrogen) atoms. The summed E-state index contributed by atoms with van der Waals surface area (Å²) in [4.78, 5) is 26.4. The van der Waals surface area contributed by atoms with E-state index >= 15 is 0 Å². The van der Waals surface area contributed by atoms with Gasteiger partial charge in [0.05, 0.1) is 17.7 Å². The number of carboxylic acids is 1. The Morgan fingerprint density at radius 3 is 2.69 bits per heavy atom. The highest BCUT2D eigenvalue weighted by atomic mass is 16.5. The number of carbonyl (C=O) groups is 2. The summed E-state index contributed by atoms with van der Waals surface area (Å²) < 4.78 is 5.45. The fourth-order valence-electron chi connectivity index (χ4n) is 4.17. The van der Waals surface area contributed by atoms with Crippen LogP contribution >= 0.6 is 0 Å². The highest BCUT2D eigenvalue weighted by molar-refractivity contribution is 5.95. The summed E-state index contributed by atoms with van der Waals surface area (Å²) in [6.45, 7) is 4.40. The summed E-state index contributed by atoms with van der Waals surface area (Å²) in [5.41, 5.74) is 1.78. The number of amides is 1. The molecule has 2 fully saturated rings. The smallest absolute Gasteiger partial charge is 0.311 e. The molecule has 3 aliphatic heterocycles. The molecule has 0 radical (unpaired) electrons. The van der Waals surface area contributed by atoms with E-state index in [4.69, 9.17) is 4.74 Å². The monoisotopic (exact) mass is 357 g/mol. The highest BCUT2D eigenvalue weighted by Gasteiger charge is 2.54. The molecule has 0 bridgehead atoms. The third-order valence-electron chi connectivity index (χ3n) is 5.81. The van der Waals surface area contributed by atoms with Gasteiger partial charge in [-0.15, -0.1) is 0 Å². The molecule has 1 aromatic carbocycles. The second kappa shape index (κ2) is 6.39. The van der Waals surface area contributed by atoms with Gasteiger partial charge in [0, 0.05) is 49.9 Å². The fraction of sp³-hybridized carbons (Fsp3) is 0.526. The number of nitrogens with zero attached hydrogens (tertiary/aromatic N) is 3. The number of hydrogen-bond donors (Lipinski definition) is 1. The number of carbonyl (C=O) groups excluding carboxylic acids is 1. The zero-order chi connectivity index (χ0) is 18.3. The zero-order valence-electron chi connectivity index (χ0n) is 14.9. The molecule has 2 atom stereocenters. The Morgan fingerprint density at radius 1 is 1.31 bits per heavy atom. The number of hydrazone groups is 1. The van der Waals surface area contributed by atoms with Crippen LogP contribution in [0.4, 0.5) is 5.69 Å². The quantitative estimate of drug-likeness (QED) is 0.892. The van der Waals surface area contributed by atoms with Crippen LogP contribution in [0.1, 0.15) is 30.1 Å². The number of fused-ring (bicyclic) bond motifs is 1. The van der Waals surface area contributed by atoms with E-state index in [1.54, 1.807) is 17.0 Å². The minimum atomic E-state index is -0.865. The van der Waals surface area contributed by atoms with Crippen molar-refractivity contribution in [3.8, 4) is 0 Å². The molecule has 3 aliphatic rings. The first-order chi connectivity index (χ1) is 12.5. The highest BCUT2D eigenvalue weighted by Crippen LogP contribution is 2.42. The number of hydrogen-bond acceptors (Lipinski definition) is 5. The van der Waals surface area contributed by atoms with Gasteiger partial charge in [-0.3, -0.25) is 14.6 Å². The number of anilines is 1. The lowest BCUT2D eigenvalue weighted by molar-refractivity contribution is -0.157. The molecule has 2 saturated heterocycles. The molecule has 0 unspecified atom stereocenters. The van der Waals surface area contributed by atoms with E-state index in [-0.39, 0.29) is 18.4 Å². The molecule has 0 aliphatic carbocycles. The van der Waals surface area contributed by atoms with Gasteiger partial charge in [-0.25, -0.2) is 0 Å². The van der Waals surface area contributed by atoms with E-state index in [2.05, 4.69) is 5.10 Å². The summed E-state index contributed by atoms with van der Waals surface area (Å²) >= 11 is 0. The SMILES string of the molecule is CC1=NN(c2ccc(C(=O)N3C[C@H]4COCC[C@@]4(C(=O)O)C3)cc2)CC1. The number of ether oxygens (including phenoxy) is 1. The van der Waals surface area contributed by atoms with E-state index in [0.29, 0.717) is 31.7 Å². The van der Waals surface area contributed by atoms with Crippen LogP contribution in [0.25, 0.3) is 0 Å². The number of rotatable bonds is 3. The Balaban J connectivity index is 1.50. The largest absolute Gasteiger partial charge is 0.481 e. The predicted molar refractivity (Wildman–Crippen MR) is 96.4 cm³/mol. The molecule has 4 rings (SSSR count). The van der Waals surface area contributed by atoms with Gasteiger partial charge in [-0.05, 0) is 37.6 Å². The Morgan fingerprint density at radius 2 is 2.08 bits per heavy atom. The standard InChI is InChI=1S/C19H23N3O4/c1-13-6-8-22(20-13)16-4-2-14(3-5-16)17(23)21-10-15-11-26-9-7-19(15,12-21)18(24)25/h2-5,15H,6-12H2,1H3,(H,24,25)/t15-,19+/m0/s1. The predicted octanol–water partition coefficient (Wildman–Crippen LogP) is 1.84. The Bertz CT molecular complexity index is 761. The summed E-state index contributed by atoms with van der Waals surface area (Å²) in [5.74, 6) is -1.08. The summed E-state index contributed by atoms with van der Waals surface area (Å²) in [7, 11) is 0. The average molecular weight is 357 g/mol. The van der Waals surface area contributed by atoms with Crippen LogP contribution in [0, 0.1) is 11.3 Å². The molecular weight excluding hydrogens is 334 g/mol. The number of carboxylic acid groups (broad SMARTS) is 1. The summed E-state index contributed by atoms with van der Waals surface area (Å²) in [5, 5.41) is 16.1. The van der Waals surface area contributed by atoms with Crippen LogP contribution in [0.2, 0.25) is 0 Å². The van der Waals surface area contributed by atoms with Crippen LogP contribution in [0.3, 0.4) is 0 Å². The summed E-state index contributed by atoms with van der Waals surface area (Å²) in [6, 6.07) is 7.39. The number of benzene rings is 1. The van der Waals surface area contributed by atoms with Crippen molar-refractivity contribution in [2.45, 2.75) is 19.8 Å². The third kappa shape index (κ3) is 2.76. The van der Waals surface area contributed by atoms with E-state index in [1.807, 2.05) is 24.1 Å². The lowest BCUT2D eigenvalue weighted by Gasteiger charge is -2.33. The van der Waals surface area contributed by atoms with Crippen molar-refractivity contribution in [2.24, 2.45) is 16.4 Å². The molecule has 3 heterocycles. The maximum atomic E-state index is 12.9. The van der Waals surface area contributed by atoms with Crippen molar-refractivity contribution < 1.29 is 19.4 Å². The first-order valence-electron chi connectivity index (χ1n) is 9.02. The Hall–Kier alpha value is -2.41. The molecule has 7 nitrogen and oxygen atoms in total. The van der Waals surface area contributed by atoms with Crippen LogP contribution < -0.4 is 5.01 Å². The van der Waals surface area contributed by atoms with E-state index in [0.717, 1.165) is 24.4 Å². The van der Waals surface area contributed by atoms with Crippen molar-refractivity contribution in [2.75, 3.05) is 37.9 Å². The Labute approximate surface area is 152 Å². The average Bonchev–Trinajstić information content (AvgIpc) is 3.25. The van der Waals surface area contributed by atoms with Crippen molar-refractivity contribution in [1.29, 1.82) is 0 Å². The minimum Gasteiger partial charge on any atom is -0.481 e. The van der Waals surface area contributed by atoms with Crippen molar-refractivity contribution in [3.63, 3.8) is 0 Å². The maximum absolute atomic E-state index is 12.9. The topological polar surface area (TPSA) is 82.4 Å². The van der Waals surface area contributed by atoms with Gasteiger partial charge in [-0.1, -0.05) is 0 Å². The number of aliphatic carboxylic acids is 1. The van der Waals surface area contributed by atoms with Gasteiger partial charge in [0.2, 0.25) is 0 Å². The first-order valence-corrected chi connectivity index (χ1v) is 9.02. The maximum Gasteiger partial charge on any atom is 0.311 e. The van der Waals surface area contributed by atoms with Crippen molar-refractivity contribution in [1.82, 2.24) is 4.90 Å². The van der Waals surface area contributed by atoms with Crippen LogP contribution in [0.15, 0.2) is 29.4 Å². The fourth-order valence-corrected chi connectivity index (χ4v) is 4.17. The molecule has 1 amide bonds. The van der Waals surface area contributed by atoms with Crippen LogP contribution in [-0.2, 0) is 9.53 Å². The lowest BCUT2D eigenvalue weighted by Crippen LogP contribution is -2.45. The van der Waals surface area contributed by atoms with E-state index in [1.165, 1.54) is 0 Å². The molecule has 1 N–H and O–H groups in total. The second-order valence-corrected chi connectivity index (χ2v) is 7.42. The normalized spacial score (nSPS) is 28.0. The van der Waals surface area contributed by atoms with E-state index < -0.39 is 11.4 Å². The van der Waals surface area contributed by atoms with Gasteiger partial charge in [0.25, 0.3) is 5.91 Å². The van der Waals surface area contributed by atoms with Gasteiger partial charge < -0.3 is 14.7 Å². The molecule has 7 heteroatoms. The molecule has 1 aromatic rings. The number of likely N-dealkylation sites (tertiary alicyclic amines) is 1. The molecule has 138 valence electrons. The van der Waals surface area contributed by atoms with Crippen molar-refractivity contribution in [3.05, 3.63) is 29.8 Å². The third-order valence-corrected chi connectivity index (χ3v) is 5.81. The molecular formula is C19H23N3O4. The van der Waals surface area contributed by atoms with E-state index in [9.17, 15) is 14.7 Å². The van der Waals surface area contributed by atoms with Crippen LogP contribution in [-0.4, -0.2) is 60.4 Å². The lowest BCUT2D eigenvalue weighted by atomic mass is 9.74.